The Morgan fingerprint density at radius 1 is 0.908 bits per heavy atom. The number of nitro benzene ring substituents is 1. The molecule has 0 spiro atoms. The molecule has 0 radical (unpaired) electrons. The Kier molecular flexibility index (Phi) is 16.6. The van der Waals surface area contributed by atoms with Crippen LogP contribution in [0, 0.1) is 50.0 Å². The Bertz CT molecular complexity index is 2110. The Balaban J connectivity index is 1.08. The van der Waals surface area contributed by atoms with E-state index in [2.05, 4.69) is 39.3 Å². The summed E-state index contributed by atoms with van der Waals surface area (Å²) >= 11 is 0. The van der Waals surface area contributed by atoms with E-state index in [1.165, 1.54) is 52.8 Å². The van der Waals surface area contributed by atoms with Crippen molar-refractivity contribution in [1.82, 2.24) is 5.48 Å². The van der Waals surface area contributed by atoms with Crippen LogP contribution in [0.1, 0.15) is 118 Å². The minimum Gasteiger partial charge on any atom is -0.462 e. The quantitative estimate of drug-likeness (QED) is 0.0211. The van der Waals surface area contributed by atoms with E-state index in [-0.39, 0.29) is 83.4 Å². The van der Waals surface area contributed by atoms with Crippen molar-refractivity contribution in [2.75, 3.05) is 11.5 Å². The van der Waals surface area contributed by atoms with Gasteiger partial charge in [0.15, 0.2) is 5.75 Å². The SMILES string of the molecule is CC(=O)O[C@H]1C[C@@]2(C)[C@@H](C[C@@H](O)[C@H]3[C@@]4(C)CC[C@@H](OC(=O)CCSSCCC(=O)NOc5ccc([N+](=O)[O-])cc5)[C@@H](C)[C@@H]4CC[C@@]32C)/C1=C(\CCC=C(C)C)C(=O)OCc1ccccc1. The van der Waals surface area contributed by atoms with Gasteiger partial charge in [-0.3, -0.25) is 24.5 Å². The summed E-state index contributed by atoms with van der Waals surface area (Å²) in [7, 11) is 2.98. The fourth-order valence-electron chi connectivity index (χ4n) is 12.1. The topological polar surface area (TPSA) is 181 Å². The van der Waals surface area contributed by atoms with E-state index in [1.807, 2.05) is 44.2 Å². The number of aliphatic hydroxyl groups excluding tert-OH is 1. The van der Waals surface area contributed by atoms with Crippen LogP contribution in [0.5, 0.6) is 5.75 Å². The number of non-ortho nitro benzene ring substituents is 1. The largest absolute Gasteiger partial charge is 0.462 e. The first kappa shape index (κ1) is 50.1. The van der Waals surface area contributed by atoms with Crippen LogP contribution < -0.4 is 10.3 Å². The second-order valence-electron chi connectivity index (χ2n) is 19.4. The van der Waals surface area contributed by atoms with Gasteiger partial charge in [0, 0.05) is 42.6 Å². The molecule has 4 fully saturated rings. The van der Waals surface area contributed by atoms with E-state index < -0.39 is 34.5 Å². The molecule has 0 aromatic heterocycles. The van der Waals surface area contributed by atoms with Gasteiger partial charge in [0.1, 0.15) is 18.8 Å². The summed E-state index contributed by atoms with van der Waals surface area (Å²) < 4.78 is 18.3. The summed E-state index contributed by atoms with van der Waals surface area (Å²) in [6, 6.07) is 15.0. The number of hydroxylamine groups is 1. The Morgan fingerprint density at radius 3 is 2.26 bits per heavy atom. The molecule has 4 saturated carbocycles. The van der Waals surface area contributed by atoms with Gasteiger partial charge < -0.3 is 24.2 Å². The second-order valence-corrected chi connectivity index (χ2v) is 22.1. The third-order valence-electron chi connectivity index (χ3n) is 15.2. The van der Waals surface area contributed by atoms with Gasteiger partial charge >= 0.3 is 17.9 Å². The summed E-state index contributed by atoms with van der Waals surface area (Å²) in [4.78, 5) is 67.9. The number of benzene rings is 2. The molecule has 65 heavy (non-hydrogen) atoms. The number of carbonyl (C=O) groups excluding carboxylic acids is 4. The molecule has 2 aromatic carbocycles. The number of hydrogen-bond acceptors (Lipinski definition) is 13. The standard InChI is InChI=1S/C50H66N2O11S2/c1-31(2)12-11-15-37(47(57)60-30-34-13-9-8-10-14-34)45-39-28-40(54)46-48(5)24-21-41(32(3)38(48)20-25-49(46,6)50(39,7)29-42(45)61-33(4)53)62-44(56)23-27-65-64-26-22-43(55)51-63-36-18-16-35(17-19-36)52(58)59/h8-10,12-14,16-19,32,38-42,46,54H,11,15,20-30H2,1-7H3,(H,51,55)/b45-37-/t32-,38-,39-,40+,41+,42-,46-,48-,49-,50-/m0/s1. The molecule has 0 unspecified atom stereocenters. The lowest BCUT2D eigenvalue weighted by Crippen LogP contribution is -2.65. The first-order chi connectivity index (χ1) is 30.9. The number of hydrogen-bond donors (Lipinski definition) is 2. The highest BCUT2D eigenvalue weighted by Crippen LogP contribution is 2.74. The van der Waals surface area contributed by atoms with Crippen LogP contribution in [-0.2, 0) is 40.0 Å². The molecule has 1 amide bonds. The molecule has 6 rings (SSSR count). The molecule has 2 N–H and O–H groups in total. The lowest BCUT2D eigenvalue weighted by Gasteiger charge is -2.69. The summed E-state index contributed by atoms with van der Waals surface area (Å²) in [5.74, 6) is -0.0148. The lowest BCUT2D eigenvalue weighted by molar-refractivity contribution is -0.384. The molecule has 4 aliphatic rings. The first-order valence-electron chi connectivity index (χ1n) is 22.9. The van der Waals surface area contributed by atoms with Crippen molar-refractivity contribution < 1.29 is 48.3 Å². The van der Waals surface area contributed by atoms with Gasteiger partial charge in [-0.05, 0) is 128 Å². The highest BCUT2D eigenvalue weighted by Gasteiger charge is 2.71. The van der Waals surface area contributed by atoms with Crippen LogP contribution in [0.4, 0.5) is 5.69 Å². The number of carbonyl (C=O) groups is 4. The Morgan fingerprint density at radius 2 is 1.60 bits per heavy atom. The molecule has 15 heteroatoms. The van der Waals surface area contributed by atoms with E-state index in [9.17, 15) is 34.4 Å². The zero-order chi connectivity index (χ0) is 47.1. The zero-order valence-corrected chi connectivity index (χ0v) is 40.4. The van der Waals surface area contributed by atoms with Gasteiger partial charge in [0.2, 0.25) is 0 Å². The van der Waals surface area contributed by atoms with E-state index >= 15 is 0 Å². The second kappa shape index (κ2) is 21.5. The monoisotopic (exact) mass is 934 g/mol. The maximum Gasteiger partial charge on any atom is 0.334 e. The number of esters is 3. The number of ether oxygens (including phenoxy) is 3. The zero-order valence-electron chi connectivity index (χ0n) is 38.8. The lowest BCUT2D eigenvalue weighted by atomic mass is 9.36. The summed E-state index contributed by atoms with van der Waals surface area (Å²) in [6.45, 7) is 14.8. The highest BCUT2D eigenvalue weighted by molar-refractivity contribution is 8.76. The van der Waals surface area contributed by atoms with E-state index in [0.717, 1.165) is 36.0 Å². The van der Waals surface area contributed by atoms with Crippen LogP contribution in [0.3, 0.4) is 0 Å². The van der Waals surface area contributed by atoms with Crippen LogP contribution in [0.25, 0.3) is 0 Å². The number of allylic oxidation sites excluding steroid dienone is 2. The number of fused-ring (bicyclic) bond motifs is 5. The summed E-state index contributed by atoms with van der Waals surface area (Å²) in [5.41, 5.74) is 4.69. The number of nitrogens with one attached hydrogen (secondary N) is 1. The summed E-state index contributed by atoms with van der Waals surface area (Å²) in [6.07, 6.45) is 6.36. The van der Waals surface area contributed by atoms with Crippen molar-refractivity contribution in [3.63, 3.8) is 0 Å². The van der Waals surface area contributed by atoms with Gasteiger partial charge in [0.05, 0.1) is 17.4 Å². The highest BCUT2D eigenvalue weighted by atomic mass is 33.1. The molecule has 0 heterocycles. The molecule has 13 nitrogen and oxygen atoms in total. The van der Waals surface area contributed by atoms with Gasteiger partial charge in [-0.25, -0.2) is 4.79 Å². The average molecular weight is 935 g/mol. The maximum absolute atomic E-state index is 14.2. The molecule has 0 aliphatic heterocycles. The fraction of sp³-hybridized carbons (Fsp3) is 0.600. The third-order valence-corrected chi connectivity index (χ3v) is 17.6. The van der Waals surface area contributed by atoms with Crippen molar-refractivity contribution >= 4 is 51.1 Å². The van der Waals surface area contributed by atoms with Gasteiger partial charge in [0.25, 0.3) is 11.6 Å². The number of amides is 1. The van der Waals surface area contributed by atoms with Gasteiger partial charge in [-0.1, -0.05) is 91.3 Å². The van der Waals surface area contributed by atoms with Crippen LogP contribution in [0.2, 0.25) is 0 Å². The minimum absolute atomic E-state index is 0.0602. The van der Waals surface area contributed by atoms with E-state index in [1.54, 1.807) is 0 Å². The fourth-order valence-corrected chi connectivity index (χ4v) is 14.1. The van der Waals surface area contributed by atoms with E-state index in [0.29, 0.717) is 49.2 Å². The van der Waals surface area contributed by atoms with Crippen molar-refractivity contribution in [3.8, 4) is 5.75 Å². The predicted molar refractivity (Wildman–Crippen MR) is 251 cm³/mol. The Hall–Kier alpha value is -4.34. The summed E-state index contributed by atoms with van der Waals surface area (Å²) in [5, 5.41) is 23.4. The van der Waals surface area contributed by atoms with Crippen LogP contribution >= 0.6 is 21.6 Å². The maximum atomic E-state index is 14.2. The van der Waals surface area contributed by atoms with Crippen molar-refractivity contribution in [2.24, 2.45) is 39.9 Å². The van der Waals surface area contributed by atoms with E-state index in [4.69, 9.17) is 19.0 Å². The van der Waals surface area contributed by atoms with Crippen molar-refractivity contribution in [1.29, 1.82) is 0 Å². The average Bonchev–Trinajstić information content (AvgIpc) is 3.53. The number of nitrogens with zero attached hydrogens (tertiary/aromatic N) is 1. The van der Waals surface area contributed by atoms with Crippen LogP contribution in [0.15, 0.2) is 77.4 Å². The normalized spacial score (nSPS) is 30.9. The third kappa shape index (κ3) is 11.3. The molecule has 354 valence electrons. The number of aliphatic hydroxyl groups is 1. The van der Waals surface area contributed by atoms with Gasteiger partial charge in [-0.2, -0.15) is 5.48 Å². The molecule has 2 aromatic rings. The molecule has 10 atom stereocenters. The minimum atomic E-state index is -0.661. The molecular formula is C50H66N2O11S2. The van der Waals surface area contributed by atoms with Crippen LogP contribution in [-0.4, -0.2) is 63.7 Å². The first-order valence-corrected chi connectivity index (χ1v) is 25.4. The van der Waals surface area contributed by atoms with Crippen molar-refractivity contribution in [3.05, 3.63) is 93.1 Å². The number of nitro groups is 1. The molecular weight excluding hydrogens is 869 g/mol. The Labute approximate surface area is 391 Å². The molecule has 4 aliphatic carbocycles. The molecule has 0 saturated heterocycles. The smallest absolute Gasteiger partial charge is 0.334 e. The van der Waals surface area contributed by atoms with Crippen molar-refractivity contribution in [2.45, 2.75) is 138 Å². The molecule has 0 bridgehead atoms. The van der Waals surface area contributed by atoms with Gasteiger partial charge in [-0.15, -0.1) is 0 Å². The predicted octanol–water partition coefficient (Wildman–Crippen LogP) is 10.1. The number of rotatable bonds is 18.